The Bertz CT molecular complexity index is 132. The summed E-state index contributed by atoms with van der Waals surface area (Å²) in [5.41, 5.74) is 0. The van der Waals surface area contributed by atoms with Crippen molar-refractivity contribution >= 4 is 34.7 Å². The first-order valence-electron chi connectivity index (χ1n) is 2.23. The summed E-state index contributed by atoms with van der Waals surface area (Å²) in [5.74, 6) is -0.147. The average Bonchev–Trinajstić information content (AvgIpc) is 1.98. The lowest BCUT2D eigenvalue weighted by Crippen LogP contribution is -2.16. The maximum Gasteiger partial charge on any atom is 0.238 e. The Kier molecular flexibility index (Phi) is 3.06. The summed E-state index contributed by atoms with van der Waals surface area (Å²) in [4.78, 5) is 21.0. The Hall–Kier alpha value is -0.170. The SMILES string of the molecule is N.O=C1CCC(=O)N1I. The van der Waals surface area contributed by atoms with Crippen molar-refractivity contribution in [1.29, 1.82) is 0 Å². The van der Waals surface area contributed by atoms with Crippen LogP contribution in [0.25, 0.3) is 0 Å². The van der Waals surface area contributed by atoms with Gasteiger partial charge in [0.1, 0.15) is 0 Å². The Morgan fingerprint density at radius 1 is 1.22 bits per heavy atom. The molecule has 1 fully saturated rings. The molecule has 1 aliphatic rings. The summed E-state index contributed by atoms with van der Waals surface area (Å²) in [7, 11) is 0. The van der Waals surface area contributed by atoms with E-state index in [0.717, 1.165) is 3.11 Å². The van der Waals surface area contributed by atoms with E-state index < -0.39 is 0 Å². The fourth-order valence-electron chi connectivity index (χ4n) is 0.549. The molecule has 9 heavy (non-hydrogen) atoms. The number of hydrogen-bond donors (Lipinski definition) is 1. The van der Waals surface area contributed by atoms with Gasteiger partial charge in [-0.05, 0) is 0 Å². The number of rotatable bonds is 0. The molecule has 1 saturated heterocycles. The fraction of sp³-hybridized carbons (Fsp3) is 0.500. The number of imide groups is 1. The van der Waals surface area contributed by atoms with Gasteiger partial charge < -0.3 is 6.15 Å². The van der Waals surface area contributed by atoms with E-state index in [0.29, 0.717) is 12.8 Å². The lowest BCUT2D eigenvalue weighted by Gasteiger charge is -1.97. The molecule has 0 unspecified atom stereocenters. The lowest BCUT2D eigenvalue weighted by atomic mass is 10.4. The van der Waals surface area contributed by atoms with Crippen molar-refractivity contribution in [1.82, 2.24) is 9.26 Å². The van der Waals surface area contributed by atoms with Crippen molar-refractivity contribution in [3.63, 3.8) is 0 Å². The summed E-state index contributed by atoms with van der Waals surface area (Å²) in [5, 5.41) is 0. The molecule has 5 heteroatoms. The highest BCUT2D eigenvalue weighted by Crippen LogP contribution is 2.15. The molecular formula is C4H7IN2O2. The molecule has 0 aliphatic carbocycles. The van der Waals surface area contributed by atoms with Crippen molar-refractivity contribution in [2.45, 2.75) is 12.8 Å². The van der Waals surface area contributed by atoms with Gasteiger partial charge in [0.15, 0.2) is 0 Å². The quantitative estimate of drug-likeness (QED) is 0.385. The van der Waals surface area contributed by atoms with Gasteiger partial charge in [-0.2, -0.15) is 0 Å². The van der Waals surface area contributed by atoms with E-state index in [2.05, 4.69) is 0 Å². The van der Waals surface area contributed by atoms with Crippen molar-refractivity contribution in [3.05, 3.63) is 0 Å². The molecule has 2 amide bonds. The van der Waals surface area contributed by atoms with Crippen LogP contribution in [0.3, 0.4) is 0 Å². The summed E-state index contributed by atoms with van der Waals surface area (Å²) >= 11 is 1.72. The zero-order chi connectivity index (χ0) is 6.15. The lowest BCUT2D eigenvalue weighted by molar-refractivity contribution is -0.130. The van der Waals surface area contributed by atoms with Gasteiger partial charge in [-0.15, -0.1) is 0 Å². The normalized spacial score (nSPS) is 18.1. The summed E-state index contributed by atoms with van der Waals surface area (Å²) in [6.07, 6.45) is 0.781. The summed E-state index contributed by atoms with van der Waals surface area (Å²) < 4.78 is 1.14. The van der Waals surface area contributed by atoms with Crippen LogP contribution in [0.5, 0.6) is 0 Å². The Balaban J connectivity index is 0.000000640. The smallest absolute Gasteiger partial charge is 0.238 e. The largest absolute Gasteiger partial charge is 0.344 e. The number of carbonyl (C=O) groups is 2. The molecule has 0 spiro atoms. The van der Waals surface area contributed by atoms with Crippen LogP contribution in [0.1, 0.15) is 12.8 Å². The topological polar surface area (TPSA) is 72.4 Å². The van der Waals surface area contributed by atoms with Crippen molar-refractivity contribution in [2.75, 3.05) is 0 Å². The van der Waals surface area contributed by atoms with E-state index >= 15 is 0 Å². The van der Waals surface area contributed by atoms with Crippen molar-refractivity contribution in [2.24, 2.45) is 0 Å². The minimum atomic E-state index is -0.0735. The molecule has 0 bridgehead atoms. The molecule has 1 rings (SSSR count). The third-order valence-electron chi connectivity index (χ3n) is 0.991. The van der Waals surface area contributed by atoms with Crippen LogP contribution >= 0.6 is 22.9 Å². The van der Waals surface area contributed by atoms with Crippen molar-refractivity contribution < 1.29 is 9.59 Å². The molecule has 0 aromatic rings. The maximum atomic E-state index is 10.5. The summed E-state index contributed by atoms with van der Waals surface area (Å²) in [6.45, 7) is 0. The van der Waals surface area contributed by atoms with Crippen LogP contribution in [-0.4, -0.2) is 14.9 Å². The highest BCUT2D eigenvalue weighted by Gasteiger charge is 2.26. The van der Waals surface area contributed by atoms with Gasteiger partial charge >= 0.3 is 0 Å². The Morgan fingerprint density at radius 3 is 1.67 bits per heavy atom. The van der Waals surface area contributed by atoms with Gasteiger partial charge in [-0.25, -0.2) is 3.11 Å². The zero-order valence-corrected chi connectivity index (χ0v) is 6.92. The van der Waals surface area contributed by atoms with Crippen LogP contribution in [0.15, 0.2) is 0 Å². The molecule has 3 N–H and O–H groups in total. The van der Waals surface area contributed by atoms with Gasteiger partial charge in [-0.1, -0.05) is 0 Å². The van der Waals surface area contributed by atoms with Crippen LogP contribution in [0.2, 0.25) is 0 Å². The Morgan fingerprint density at radius 2 is 1.56 bits per heavy atom. The van der Waals surface area contributed by atoms with Crippen molar-refractivity contribution in [3.8, 4) is 0 Å². The average molecular weight is 242 g/mol. The molecule has 0 atom stereocenters. The first kappa shape index (κ1) is 8.83. The molecule has 0 aromatic carbocycles. The Labute approximate surface area is 66.7 Å². The van der Waals surface area contributed by atoms with Gasteiger partial charge in [0, 0.05) is 12.8 Å². The van der Waals surface area contributed by atoms with Gasteiger partial charge in [0.25, 0.3) is 0 Å². The van der Waals surface area contributed by atoms with Gasteiger partial charge in [0.05, 0.1) is 22.9 Å². The molecule has 0 radical (unpaired) electrons. The first-order chi connectivity index (χ1) is 3.72. The molecule has 1 aliphatic heterocycles. The first-order valence-corrected chi connectivity index (χ1v) is 3.20. The molecular weight excluding hydrogens is 235 g/mol. The standard InChI is InChI=1S/C4H4INO2.H3N/c5-6-3(7)1-2-4(6)8;/h1-2H2;1H3. The second-order valence-corrected chi connectivity index (χ2v) is 2.53. The van der Waals surface area contributed by atoms with Gasteiger partial charge in [-0.3, -0.25) is 9.59 Å². The van der Waals surface area contributed by atoms with E-state index in [4.69, 9.17) is 0 Å². The maximum absolute atomic E-state index is 10.5. The second-order valence-electron chi connectivity index (χ2n) is 1.57. The van der Waals surface area contributed by atoms with E-state index in [1.165, 1.54) is 0 Å². The van der Waals surface area contributed by atoms with E-state index in [-0.39, 0.29) is 18.0 Å². The highest BCUT2D eigenvalue weighted by molar-refractivity contribution is 14.1. The molecule has 52 valence electrons. The van der Waals surface area contributed by atoms with Crippen LogP contribution in [-0.2, 0) is 9.59 Å². The third kappa shape index (κ3) is 1.62. The van der Waals surface area contributed by atoms with Crippen LogP contribution in [0, 0.1) is 0 Å². The minimum Gasteiger partial charge on any atom is -0.344 e. The fourth-order valence-corrected chi connectivity index (χ4v) is 1.03. The highest BCUT2D eigenvalue weighted by atomic mass is 127. The zero-order valence-electron chi connectivity index (χ0n) is 4.76. The number of amides is 2. The number of nitrogens with zero attached hydrogens (tertiary/aromatic N) is 1. The monoisotopic (exact) mass is 242 g/mol. The number of hydrogen-bond acceptors (Lipinski definition) is 3. The third-order valence-corrected chi connectivity index (χ3v) is 2.07. The number of carbonyl (C=O) groups excluding carboxylic acids is 2. The van der Waals surface area contributed by atoms with Crippen LogP contribution < -0.4 is 6.15 Å². The molecule has 0 saturated carbocycles. The predicted molar refractivity (Wildman–Crippen MR) is 40.1 cm³/mol. The molecule has 4 nitrogen and oxygen atoms in total. The molecule has 0 aromatic heterocycles. The molecule has 1 heterocycles. The second kappa shape index (κ2) is 3.11. The predicted octanol–water partition coefficient (Wildman–Crippen LogP) is 0.647. The van der Waals surface area contributed by atoms with Gasteiger partial charge in [0.2, 0.25) is 11.8 Å². The van der Waals surface area contributed by atoms with Crippen LogP contribution in [0.4, 0.5) is 0 Å². The number of halogens is 1. The van der Waals surface area contributed by atoms with E-state index in [9.17, 15) is 9.59 Å². The summed E-state index contributed by atoms with van der Waals surface area (Å²) in [6, 6.07) is 0. The van der Waals surface area contributed by atoms with E-state index in [1.54, 1.807) is 22.9 Å². The minimum absolute atomic E-state index is 0. The van der Waals surface area contributed by atoms with E-state index in [1.807, 2.05) is 0 Å².